The molecule has 11 heteroatoms. The van der Waals surface area contributed by atoms with E-state index in [9.17, 15) is 8.87 Å². The van der Waals surface area contributed by atoms with Gasteiger partial charge in [0.25, 0.3) is 0 Å². The number of aliphatic imine (C=N–C) groups is 1. The fourth-order valence-corrected chi connectivity index (χ4v) is 6.84. The van der Waals surface area contributed by atoms with Gasteiger partial charge in [-0.05, 0) is 107 Å². The molecule has 0 amide bonds. The van der Waals surface area contributed by atoms with E-state index in [1.165, 1.54) is 6.07 Å². The van der Waals surface area contributed by atoms with Crippen LogP contribution in [0.25, 0.3) is 11.3 Å². The molecule has 1 N–H and O–H groups in total. The van der Waals surface area contributed by atoms with Crippen LogP contribution in [0.5, 0.6) is 0 Å². The highest BCUT2D eigenvalue weighted by atomic mass is 32.2. The lowest BCUT2D eigenvalue weighted by Gasteiger charge is -2.44. The zero-order valence-corrected chi connectivity index (χ0v) is 27.2. The molecule has 0 atom stereocenters. The van der Waals surface area contributed by atoms with Crippen LogP contribution >= 0.6 is 11.9 Å². The number of anilines is 3. The van der Waals surface area contributed by atoms with E-state index in [2.05, 4.69) is 31.3 Å². The Kier molecular flexibility index (Phi) is 11.7. The Morgan fingerprint density at radius 2 is 1.66 bits per heavy atom. The number of benzene rings is 2. The fraction of sp³-hybridized carbons (Fsp3) is 0.485. The molecule has 2 aromatic carbocycles. The van der Waals surface area contributed by atoms with Crippen LogP contribution in [0.4, 0.5) is 36.3 Å². The molecular formula is C33H44F3N7S. The van der Waals surface area contributed by atoms with Gasteiger partial charge in [0.2, 0.25) is 5.95 Å². The molecule has 3 heterocycles. The highest BCUT2D eigenvalue weighted by Gasteiger charge is 2.37. The molecule has 2 aliphatic rings. The number of hydrogen-bond acceptors (Lipinski definition) is 8. The van der Waals surface area contributed by atoms with E-state index in [1.54, 1.807) is 18.0 Å². The highest BCUT2D eigenvalue weighted by Crippen LogP contribution is 2.43. The molecule has 0 radical (unpaired) electrons. The quantitative estimate of drug-likeness (QED) is 0.145. The standard InChI is InChI=1S/C31H38F3N7S.C2H6/c1-5-41(21(2)3)27-19-22(18-25(32)29(27)35-4)28-26(33)20-36-30(38-28)37-23-6-8-24(9-7-23)42-40-16-12-31(13-17-40)10-14-39(34)15-11-31;1-2/h6-9,18-21H,4-5,10-17H2,1-3H3,(H,36,37,38);1-2H3. The molecule has 0 bridgehead atoms. The van der Waals surface area contributed by atoms with Crippen molar-refractivity contribution in [1.82, 2.24) is 19.4 Å². The number of hydrogen-bond donors (Lipinski definition) is 1. The van der Waals surface area contributed by atoms with Crippen LogP contribution in [-0.4, -0.2) is 64.9 Å². The van der Waals surface area contributed by atoms with Gasteiger partial charge in [0.1, 0.15) is 11.4 Å². The number of rotatable bonds is 9. The minimum Gasteiger partial charge on any atom is -0.368 e. The molecule has 2 aliphatic heterocycles. The number of halogens is 3. The van der Waals surface area contributed by atoms with Gasteiger partial charge in [-0.15, -0.1) is 9.60 Å². The van der Waals surface area contributed by atoms with E-state index < -0.39 is 11.6 Å². The first-order chi connectivity index (χ1) is 21.2. The largest absolute Gasteiger partial charge is 0.368 e. The molecule has 7 nitrogen and oxygen atoms in total. The van der Waals surface area contributed by atoms with Gasteiger partial charge in [-0.25, -0.2) is 23.1 Å². The summed E-state index contributed by atoms with van der Waals surface area (Å²) in [4.78, 5) is 15.5. The third-order valence-corrected chi connectivity index (χ3v) is 9.50. The van der Waals surface area contributed by atoms with Crippen LogP contribution in [0.2, 0.25) is 0 Å². The van der Waals surface area contributed by atoms with Gasteiger partial charge in [-0.1, -0.05) is 13.8 Å². The number of nitrogens with one attached hydrogen (secondary N) is 1. The molecule has 0 saturated carbocycles. The highest BCUT2D eigenvalue weighted by molar-refractivity contribution is 7.97. The summed E-state index contributed by atoms with van der Waals surface area (Å²) < 4.78 is 45.9. The number of piperidine rings is 2. The monoisotopic (exact) mass is 627 g/mol. The normalized spacial score (nSPS) is 16.8. The summed E-state index contributed by atoms with van der Waals surface area (Å²) in [6.45, 7) is 17.2. The summed E-state index contributed by atoms with van der Waals surface area (Å²) in [5.41, 5.74) is 2.00. The first kappa shape index (κ1) is 33.7. The first-order valence-corrected chi connectivity index (χ1v) is 16.3. The zero-order valence-electron chi connectivity index (χ0n) is 26.4. The van der Waals surface area contributed by atoms with E-state index in [0.717, 1.165) is 60.7 Å². The molecule has 2 saturated heterocycles. The maximum atomic E-state index is 15.1. The third kappa shape index (κ3) is 7.92. The zero-order chi connectivity index (χ0) is 31.9. The topological polar surface area (TPSA) is 59.9 Å². The van der Waals surface area contributed by atoms with E-state index >= 15 is 4.39 Å². The molecule has 2 fully saturated rings. The van der Waals surface area contributed by atoms with Crippen molar-refractivity contribution in [3.63, 3.8) is 0 Å². The van der Waals surface area contributed by atoms with E-state index in [4.69, 9.17) is 0 Å². The Morgan fingerprint density at radius 1 is 1.02 bits per heavy atom. The van der Waals surface area contributed by atoms with Crippen molar-refractivity contribution in [2.24, 2.45) is 10.4 Å². The number of nitrogens with zero attached hydrogens (tertiary/aromatic N) is 6. The van der Waals surface area contributed by atoms with Crippen LogP contribution in [-0.2, 0) is 0 Å². The summed E-state index contributed by atoms with van der Waals surface area (Å²) >= 11 is 1.73. The minimum atomic E-state index is -0.650. The van der Waals surface area contributed by atoms with Crippen molar-refractivity contribution in [2.45, 2.75) is 71.2 Å². The van der Waals surface area contributed by atoms with Crippen LogP contribution < -0.4 is 10.2 Å². The third-order valence-electron chi connectivity index (χ3n) is 8.39. The molecule has 5 rings (SSSR count). The van der Waals surface area contributed by atoms with Crippen molar-refractivity contribution in [2.75, 3.05) is 42.9 Å². The summed E-state index contributed by atoms with van der Waals surface area (Å²) in [6.07, 6.45) is 5.18. The maximum Gasteiger partial charge on any atom is 0.227 e. The van der Waals surface area contributed by atoms with Gasteiger partial charge >= 0.3 is 0 Å². The summed E-state index contributed by atoms with van der Waals surface area (Å²) in [7, 11) is 0. The molecule has 44 heavy (non-hydrogen) atoms. The van der Waals surface area contributed by atoms with Crippen LogP contribution in [0.15, 0.2) is 52.5 Å². The second-order valence-electron chi connectivity index (χ2n) is 11.3. The van der Waals surface area contributed by atoms with Gasteiger partial charge < -0.3 is 10.2 Å². The lowest BCUT2D eigenvalue weighted by molar-refractivity contribution is -0.0480. The number of aromatic nitrogens is 2. The summed E-state index contributed by atoms with van der Waals surface area (Å²) in [5, 5.41) is 4.09. The van der Waals surface area contributed by atoms with Crippen molar-refractivity contribution >= 4 is 41.7 Å². The molecule has 1 spiro atoms. The van der Waals surface area contributed by atoms with Gasteiger partial charge in [-0.2, -0.15) is 0 Å². The summed E-state index contributed by atoms with van der Waals surface area (Å²) in [6, 6.07) is 10.9. The van der Waals surface area contributed by atoms with Gasteiger partial charge in [0, 0.05) is 54.9 Å². The molecular weight excluding hydrogens is 583 g/mol. The van der Waals surface area contributed by atoms with Crippen molar-refractivity contribution in [3.8, 4) is 11.3 Å². The Labute approximate surface area is 264 Å². The minimum absolute atomic E-state index is 0.00435. The Balaban J connectivity index is 0.00000216. The van der Waals surface area contributed by atoms with Gasteiger partial charge in [0.15, 0.2) is 11.6 Å². The van der Waals surface area contributed by atoms with E-state index in [0.29, 0.717) is 36.3 Å². The van der Waals surface area contributed by atoms with Gasteiger partial charge in [0.05, 0.1) is 11.9 Å². The Bertz CT molecular complexity index is 1380. The lowest BCUT2D eigenvalue weighted by Crippen LogP contribution is -2.43. The maximum absolute atomic E-state index is 15.1. The SMILES string of the molecule is C=Nc1c(F)cc(-c2nc(Nc3ccc(SN4CCC5(CCN(F)CC5)CC4)cc3)ncc2F)cc1N(CC)C(C)C.CC. The van der Waals surface area contributed by atoms with E-state index in [1.807, 2.05) is 63.8 Å². The predicted octanol–water partition coefficient (Wildman–Crippen LogP) is 8.83. The molecule has 0 aliphatic carbocycles. The fourth-order valence-electron chi connectivity index (χ4n) is 5.92. The lowest BCUT2D eigenvalue weighted by atomic mass is 9.72. The predicted molar refractivity (Wildman–Crippen MR) is 177 cm³/mol. The Hall–Kier alpha value is -3.15. The molecule has 1 aromatic heterocycles. The van der Waals surface area contributed by atoms with Crippen molar-refractivity contribution in [3.05, 3.63) is 54.2 Å². The summed E-state index contributed by atoms with van der Waals surface area (Å²) in [5.74, 6) is -1.04. The molecule has 238 valence electrons. The smallest absolute Gasteiger partial charge is 0.227 e. The molecule has 0 unspecified atom stereocenters. The van der Waals surface area contributed by atoms with Crippen LogP contribution in [0.3, 0.4) is 0 Å². The van der Waals surface area contributed by atoms with Gasteiger partial charge in [-0.3, -0.25) is 4.99 Å². The van der Waals surface area contributed by atoms with Crippen molar-refractivity contribution in [1.29, 1.82) is 0 Å². The van der Waals surface area contributed by atoms with E-state index in [-0.39, 0.29) is 23.4 Å². The Morgan fingerprint density at radius 3 is 2.25 bits per heavy atom. The molecule has 3 aromatic rings. The second kappa shape index (κ2) is 15.2. The van der Waals surface area contributed by atoms with Crippen molar-refractivity contribution < 1.29 is 13.3 Å². The van der Waals surface area contributed by atoms with Crippen LogP contribution in [0, 0.1) is 17.0 Å². The van der Waals surface area contributed by atoms with Crippen LogP contribution in [0.1, 0.15) is 60.3 Å². The first-order valence-electron chi connectivity index (χ1n) is 15.5. The average molecular weight is 628 g/mol. The second-order valence-corrected chi connectivity index (χ2v) is 12.5. The average Bonchev–Trinajstić information content (AvgIpc) is 3.03.